The Morgan fingerprint density at radius 1 is 1.32 bits per heavy atom. The van der Waals surface area contributed by atoms with E-state index >= 15 is 0 Å². The van der Waals surface area contributed by atoms with Gasteiger partial charge in [0, 0.05) is 7.14 Å². The third-order valence-corrected chi connectivity index (χ3v) is 4.91. The number of rotatable bonds is 4. The summed E-state index contributed by atoms with van der Waals surface area (Å²) in [6.45, 7) is 1.81. The first-order valence-corrected chi connectivity index (χ1v) is 8.05. The number of hydrogen-bond acceptors (Lipinski definition) is 6. The van der Waals surface area contributed by atoms with Gasteiger partial charge in [0.15, 0.2) is 0 Å². The fourth-order valence-electron chi connectivity index (χ4n) is 1.52. The molecule has 0 radical (unpaired) electrons. The Morgan fingerprint density at radius 3 is 2.45 bits per heavy atom. The summed E-state index contributed by atoms with van der Waals surface area (Å²) >= 11 is 4.13. The van der Waals surface area contributed by atoms with E-state index in [1.165, 1.54) is 14.2 Å². The lowest BCUT2D eigenvalue weighted by atomic mass is 10.1. The van der Waals surface area contributed by atoms with Crippen molar-refractivity contribution < 1.29 is 19.1 Å². The Hall–Kier alpha value is -1.35. The smallest absolute Gasteiger partial charge is 0.354 e. The van der Waals surface area contributed by atoms with Gasteiger partial charge in [0.25, 0.3) is 0 Å². The van der Waals surface area contributed by atoms with Crippen molar-refractivity contribution in [2.45, 2.75) is 6.92 Å². The summed E-state index contributed by atoms with van der Waals surface area (Å²) in [5.41, 5.74) is 1.91. The zero-order valence-corrected chi connectivity index (χ0v) is 16.3. The first kappa shape index (κ1) is 18.7. The van der Waals surface area contributed by atoms with Crippen LogP contribution in [-0.2, 0) is 19.1 Å². The van der Waals surface area contributed by atoms with Crippen LogP contribution < -0.4 is 5.32 Å². The largest absolute Gasteiger partial charge is 0.466 e. The molecule has 0 aliphatic carbocycles. The van der Waals surface area contributed by atoms with Gasteiger partial charge < -0.3 is 14.8 Å². The molecule has 1 aromatic carbocycles. The van der Waals surface area contributed by atoms with Crippen LogP contribution in [0, 0.1) is 25.4 Å². The van der Waals surface area contributed by atoms with Crippen molar-refractivity contribution in [2.24, 2.45) is 0 Å². The second-order valence-corrected chi connectivity index (χ2v) is 6.27. The minimum absolute atomic E-state index is 0.0470. The highest BCUT2D eigenvalue weighted by Gasteiger charge is 2.18. The van der Waals surface area contributed by atoms with Crippen molar-refractivity contribution in [1.82, 2.24) is 0 Å². The molecule has 0 amide bonds. The lowest BCUT2D eigenvalue weighted by Crippen LogP contribution is -2.17. The minimum atomic E-state index is -0.695. The van der Waals surface area contributed by atoms with E-state index in [1.807, 2.05) is 29.5 Å². The van der Waals surface area contributed by atoms with Gasteiger partial charge in [0.05, 0.1) is 37.6 Å². The fourth-order valence-corrected chi connectivity index (χ4v) is 3.46. The fraction of sp³-hybridized carbons (Fsp3) is 0.214. The van der Waals surface area contributed by atoms with Gasteiger partial charge in [-0.1, -0.05) is 0 Å². The quantitative estimate of drug-likeness (QED) is 0.369. The van der Waals surface area contributed by atoms with Gasteiger partial charge in [-0.15, -0.1) is 0 Å². The molecule has 0 saturated carbocycles. The molecule has 116 valence electrons. The number of ether oxygens (including phenoxy) is 2. The van der Waals surface area contributed by atoms with Crippen LogP contribution >= 0.6 is 45.2 Å². The molecule has 0 atom stereocenters. The van der Waals surface area contributed by atoms with Crippen molar-refractivity contribution in [3.63, 3.8) is 0 Å². The molecule has 6 nitrogen and oxygen atoms in total. The van der Waals surface area contributed by atoms with E-state index in [0.29, 0.717) is 11.3 Å². The molecule has 1 aromatic rings. The first-order chi connectivity index (χ1) is 10.3. The Morgan fingerprint density at radius 2 is 1.95 bits per heavy atom. The standard InChI is InChI=1S/C14H12I2N2O4/c1-7-8(6-17)4-9(15)13(12(7)16)18-10(14(20)22-3)5-11(19)21-2/h4-5,18H,1-3H3/b10-5+. The van der Waals surface area contributed by atoms with E-state index in [4.69, 9.17) is 5.26 Å². The number of methoxy groups -OCH3 is 2. The first-order valence-electron chi connectivity index (χ1n) is 5.89. The monoisotopic (exact) mass is 526 g/mol. The zero-order chi connectivity index (χ0) is 16.9. The number of hydrogen-bond donors (Lipinski definition) is 1. The second kappa shape index (κ2) is 8.33. The highest BCUT2D eigenvalue weighted by molar-refractivity contribution is 14.1. The molecule has 1 N–H and O–H groups in total. The molecule has 8 heteroatoms. The van der Waals surface area contributed by atoms with Gasteiger partial charge in [-0.25, -0.2) is 9.59 Å². The summed E-state index contributed by atoms with van der Waals surface area (Å²) in [6, 6.07) is 3.82. The van der Waals surface area contributed by atoms with E-state index in [1.54, 1.807) is 6.07 Å². The third kappa shape index (κ3) is 4.33. The third-order valence-electron chi connectivity index (χ3n) is 2.71. The summed E-state index contributed by atoms with van der Waals surface area (Å²) in [4.78, 5) is 23.2. The maximum Gasteiger partial charge on any atom is 0.354 e. The molecule has 0 bridgehead atoms. The van der Waals surface area contributed by atoms with Crippen molar-refractivity contribution in [3.05, 3.63) is 36.1 Å². The molecule has 0 unspecified atom stereocenters. The van der Waals surface area contributed by atoms with Crippen molar-refractivity contribution in [2.75, 3.05) is 19.5 Å². The van der Waals surface area contributed by atoms with Crippen LogP contribution in [0.3, 0.4) is 0 Å². The van der Waals surface area contributed by atoms with Crippen LogP contribution in [0.25, 0.3) is 0 Å². The van der Waals surface area contributed by atoms with E-state index < -0.39 is 11.9 Å². The summed E-state index contributed by atoms with van der Waals surface area (Å²) in [7, 11) is 2.43. The van der Waals surface area contributed by atoms with Gasteiger partial charge in [0.1, 0.15) is 5.70 Å². The van der Waals surface area contributed by atoms with Crippen molar-refractivity contribution in [3.8, 4) is 6.07 Å². The number of anilines is 1. The number of carbonyl (C=O) groups excluding carboxylic acids is 2. The van der Waals surface area contributed by atoms with Gasteiger partial charge in [-0.05, 0) is 63.7 Å². The van der Waals surface area contributed by atoms with Gasteiger partial charge in [0.2, 0.25) is 0 Å². The lowest BCUT2D eigenvalue weighted by molar-refractivity contribution is -0.138. The van der Waals surface area contributed by atoms with E-state index in [2.05, 4.69) is 43.5 Å². The molecular weight excluding hydrogens is 514 g/mol. The van der Waals surface area contributed by atoms with Gasteiger partial charge in [-0.3, -0.25) is 0 Å². The average Bonchev–Trinajstić information content (AvgIpc) is 2.52. The highest BCUT2D eigenvalue weighted by atomic mass is 127. The number of nitrogens with zero attached hydrogens (tertiary/aromatic N) is 1. The van der Waals surface area contributed by atoms with Crippen molar-refractivity contribution >= 4 is 62.8 Å². The number of nitriles is 1. The molecule has 0 saturated heterocycles. The van der Waals surface area contributed by atoms with E-state index in [9.17, 15) is 9.59 Å². The molecule has 0 heterocycles. The minimum Gasteiger partial charge on any atom is -0.466 e. The Bertz CT molecular complexity index is 693. The average molecular weight is 526 g/mol. The second-order valence-electron chi connectivity index (χ2n) is 4.03. The Balaban J connectivity index is 3.34. The van der Waals surface area contributed by atoms with Crippen LogP contribution in [0.1, 0.15) is 11.1 Å². The van der Waals surface area contributed by atoms with Gasteiger partial charge >= 0.3 is 11.9 Å². The highest BCUT2D eigenvalue weighted by Crippen LogP contribution is 2.31. The summed E-state index contributed by atoms with van der Waals surface area (Å²) in [6.07, 6.45) is 1.02. The van der Waals surface area contributed by atoms with Crippen LogP contribution in [0.4, 0.5) is 5.69 Å². The molecule has 0 fully saturated rings. The molecule has 1 rings (SSSR count). The van der Waals surface area contributed by atoms with E-state index in [-0.39, 0.29) is 5.70 Å². The predicted molar refractivity (Wildman–Crippen MR) is 97.1 cm³/mol. The topological polar surface area (TPSA) is 88.4 Å². The van der Waals surface area contributed by atoms with Crippen LogP contribution in [0.15, 0.2) is 17.8 Å². The number of halogens is 2. The summed E-state index contributed by atoms with van der Waals surface area (Å²) < 4.78 is 10.7. The van der Waals surface area contributed by atoms with Crippen LogP contribution in [0.2, 0.25) is 0 Å². The maximum atomic E-state index is 11.8. The number of nitrogens with one attached hydrogen (secondary N) is 1. The molecule has 0 aliphatic heterocycles. The summed E-state index contributed by atoms with van der Waals surface area (Å²) in [5, 5.41) is 12.0. The molecule has 0 spiro atoms. The predicted octanol–water partition coefficient (Wildman–Crippen LogP) is 2.72. The SMILES string of the molecule is COC(=O)/C=C(/Nc1c(I)cc(C#N)c(C)c1I)C(=O)OC. The lowest BCUT2D eigenvalue weighted by Gasteiger charge is -2.15. The molecule has 0 aromatic heterocycles. The number of benzene rings is 1. The van der Waals surface area contributed by atoms with Crippen molar-refractivity contribution in [1.29, 1.82) is 5.26 Å². The Labute approximate surface area is 155 Å². The Kier molecular flexibility index (Phi) is 7.08. The molecule has 0 aliphatic rings. The van der Waals surface area contributed by atoms with Gasteiger partial charge in [-0.2, -0.15) is 5.26 Å². The molecule has 22 heavy (non-hydrogen) atoms. The summed E-state index contributed by atoms with van der Waals surface area (Å²) in [5.74, 6) is -1.37. The number of esters is 2. The van der Waals surface area contributed by atoms with Crippen LogP contribution in [-0.4, -0.2) is 26.2 Å². The number of carbonyl (C=O) groups is 2. The van der Waals surface area contributed by atoms with E-state index in [0.717, 1.165) is 18.8 Å². The zero-order valence-electron chi connectivity index (χ0n) is 12.0. The normalized spacial score (nSPS) is 10.6. The van der Waals surface area contributed by atoms with Crippen LogP contribution in [0.5, 0.6) is 0 Å². The molecular formula is C14H12I2N2O4. The maximum absolute atomic E-state index is 11.8.